The van der Waals surface area contributed by atoms with Crippen LogP contribution < -0.4 is 0 Å². The van der Waals surface area contributed by atoms with E-state index in [4.69, 9.17) is 0 Å². The van der Waals surface area contributed by atoms with Crippen LogP contribution in [0.25, 0.3) is 0 Å². The maximum atomic E-state index is 11.9. The van der Waals surface area contributed by atoms with Crippen LogP contribution in [0.3, 0.4) is 0 Å². The smallest absolute Gasteiger partial charge is 0.0735 e. The quantitative estimate of drug-likeness (QED) is 0.723. The zero-order valence-corrected chi connectivity index (χ0v) is 15.5. The molecule has 4 fully saturated rings. The molecular formula is C21H36O3. The SMILES string of the molecule is C[C@H](O)[C@H]1CC[C@]2(O)[C@@H]3CC[C@H]4CCCC[C@]4(CO)[C@H]3CC[C@]12C. The zero-order chi connectivity index (χ0) is 17.2. The summed E-state index contributed by atoms with van der Waals surface area (Å²) in [5, 5.41) is 32.6. The number of fused-ring (bicyclic) bond motifs is 5. The highest BCUT2D eigenvalue weighted by Gasteiger charge is 2.68. The van der Waals surface area contributed by atoms with Crippen LogP contribution in [0, 0.1) is 34.5 Å². The molecule has 3 N–H and O–H groups in total. The van der Waals surface area contributed by atoms with Crippen molar-refractivity contribution >= 4 is 0 Å². The lowest BCUT2D eigenvalue weighted by atomic mass is 9.43. The summed E-state index contributed by atoms with van der Waals surface area (Å²) in [6.07, 6.45) is 10.9. The molecule has 24 heavy (non-hydrogen) atoms. The first kappa shape index (κ1) is 17.3. The van der Waals surface area contributed by atoms with Crippen molar-refractivity contribution in [1.82, 2.24) is 0 Å². The van der Waals surface area contributed by atoms with Crippen molar-refractivity contribution in [2.45, 2.75) is 89.8 Å². The lowest BCUT2D eigenvalue weighted by molar-refractivity contribution is -0.221. The Hall–Kier alpha value is -0.120. The number of rotatable bonds is 2. The lowest BCUT2D eigenvalue weighted by Gasteiger charge is -2.63. The van der Waals surface area contributed by atoms with Gasteiger partial charge in [-0.15, -0.1) is 0 Å². The predicted molar refractivity (Wildman–Crippen MR) is 94.4 cm³/mol. The van der Waals surface area contributed by atoms with Gasteiger partial charge >= 0.3 is 0 Å². The summed E-state index contributed by atoms with van der Waals surface area (Å²) in [6, 6.07) is 0. The number of aliphatic hydroxyl groups excluding tert-OH is 2. The van der Waals surface area contributed by atoms with Gasteiger partial charge in [0.15, 0.2) is 0 Å². The van der Waals surface area contributed by atoms with Gasteiger partial charge in [-0.2, -0.15) is 0 Å². The molecule has 0 bridgehead atoms. The minimum absolute atomic E-state index is 0.0706. The van der Waals surface area contributed by atoms with E-state index in [0.29, 0.717) is 24.4 Å². The van der Waals surface area contributed by atoms with Crippen LogP contribution in [0.5, 0.6) is 0 Å². The molecule has 3 heteroatoms. The van der Waals surface area contributed by atoms with Crippen LogP contribution in [-0.4, -0.2) is 33.6 Å². The maximum absolute atomic E-state index is 11.9. The van der Waals surface area contributed by atoms with Crippen LogP contribution in [0.1, 0.15) is 78.1 Å². The molecule has 4 aliphatic carbocycles. The van der Waals surface area contributed by atoms with Crippen LogP contribution in [-0.2, 0) is 0 Å². The molecule has 138 valence electrons. The molecule has 0 aromatic heterocycles. The minimum Gasteiger partial charge on any atom is -0.396 e. The zero-order valence-electron chi connectivity index (χ0n) is 15.5. The molecule has 4 rings (SSSR count). The van der Waals surface area contributed by atoms with Gasteiger partial charge in [0.05, 0.1) is 11.7 Å². The van der Waals surface area contributed by atoms with Gasteiger partial charge in [0.25, 0.3) is 0 Å². The van der Waals surface area contributed by atoms with Crippen molar-refractivity contribution in [3.63, 3.8) is 0 Å². The molecule has 4 aliphatic rings. The summed E-state index contributed by atoms with van der Waals surface area (Å²) in [4.78, 5) is 0. The summed E-state index contributed by atoms with van der Waals surface area (Å²) in [7, 11) is 0. The Morgan fingerprint density at radius 3 is 2.46 bits per heavy atom. The molecular weight excluding hydrogens is 300 g/mol. The Labute approximate surface area is 146 Å². The van der Waals surface area contributed by atoms with E-state index in [9.17, 15) is 15.3 Å². The van der Waals surface area contributed by atoms with E-state index in [0.717, 1.165) is 38.5 Å². The highest BCUT2D eigenvalue weighted by molar-refractivity contribution is 5.17. The van der Waals surface area contributed by atoms with Crippen molar-refractivity contribution in [2.75, 3.05) is 6.61 Å². The number of hydrogen-bond acceptors (Lipinski definition) is 3. The summed E-state index contributed by atoms with van der Waals surface area (Å²) in [6.45, 7) is 4.46. The van der Waals surface area contributed by atoms with Gasteiger partial charge in [-0.1, -0.05) is 19.8 Å². The second-order valence-corrected chi connectivity index (χ2v) is 9.89. The topological polar surface area (TPSA) is 60.7 Å². The molecule has 8 atom stereocenters. The first-order valence-corrected chi connectivity index (χ1v) is 10.4. The molecule has 0 amide bonds. The lowest BCUT2D eigenvalue weighted by Crippen LogP contribution is -2.63. The molecule has 0 heterocycles. The van der Waals surface area contributed by atoms with Gasteiger partial charge in [0, 0.05) is 12.0 Å². The van der Waals surface area contributed by atoms with Crippen molar-refractivity contribution in [3.8, 4) is 0 Å². The third-order valence-corrected chi connectivity index (χ3v) is 9.42. The van der Waals surface area contributed by atoms with Crippen LogP contribution in [0.2, 0.25) is 0 Å². The van der Waals surface area contributed by atoms with E-state index in [1.807, 2.05) is 6.92 Å². The van der Waals surface area contributed by atoms with E-state index < -0.39 is 5.60 Å². The van der Waals surface area contributed by atoms with Gasteiger partial charge in [-0.3, -0.25) is 0 Å². The summed E-state index contributed by atoms with van der Waals surface area (Å²) >= 11 is 0. The fourth-order valence-corrected chi connectivity index (χ4v) is 8.17. The third kappa shape index (κ3) is 2.01. The van der Waals surface area contributed by atoms with Crippen molar-refractivity contribution in [2.24, 2.45) is 34.5 Å². The molecule has 0 aromatic carbocycles. The Morgan fingerprint density at radius 1 is 0.958 bits per heavy atom. The van der Waals surface area contributed by atoms with Gasteiger partial charge < -0.3 is 15.3 Å². The molecule has 3 nitrogen and oxygen atoms in total. The van der Waals surface area contributed by atoms with E-state index in [1.54, 1.807) is 0 Å². The number of hydrogen-bond donors (Lipinski definition) is 3. The Bertz CT molecular complexity index is 491. The second kappa shape index (κ2) is 5.69. The van der Waals surface area contributed by atoms with E-state index in [1.165, 1.54) is 25.7 Å². The molecule has 4 saturated carbocycles. The fraction of sp³-hybridized carbons (Fsp3) is 1.00. The first-order chi connectivity index (χ1) is 11.4. The molecule has 0 unspecified atom stereocenters. The molecule has 0 spiro atoms. The molecule has 0 aromatic rings. The van der Waals surface area contributed by atoms with Gasteiger partial charge in [-0.05, 0) is 87.4 Å². The fourth-order valence-electron chi connectivity index (χ4n) is 8.17. The summed E-state index contributed by atoms with van der Waals surface area (Å²) in [5.41, 5.74) is -0.718. The Morgan fingerprint density at radius 2 is 1.75 bits per heavy atom. The van der Waals surface area contributed by atoms with Crippen LogP contribution >= 0.6 is 0 Å². The van der Waals surface area contributed by atoms with Crippen molar-refractivity contribution in [1.29, 1.82) is 0 Å². The molecule has 0 radical (unpaired) electrons. The van der Waals surface area contributed by atoms with Crippen molar-refractivity contribution in [3.05, 3.63) is 0 Å². The monoisotopic (exact) mass is 336 g/mol. The molecule has 0 saturated heterocycles. The molecule has 0 aliphatic heterocycles. The highest BCUT2D eigenvalue weighted by Crippen LogP contribution is 2.69. The Balaban J connectivity index is 1.70. The van der Waals surface area contributed by atoms with E-state index in [2.05, 4.69) is 6.92 Å². The maximum Gasteiger partial charge on any atom is 0.0735 e. The van der Waals surface area contributed by atoms with E-state index >= 15 is 0 Å². The average molecular weight is 337 g/mol. The average Bonchev–Trinajstić information content (AvgIpc) is 2.86. The summed E-state index contributed by atoms with van der Waals surface area (Å²) in [5.74, 6) is 1.69. The number of aliphatic hydroxyl groups is 3. The van der Waals surface area contributed by atoms with Gasteiger partial charge in [0.1, 0.15) is 0 Å². The van der Waals surface area contributed by atoms with Gasteiger partial charge in [0.2, 0.25) is 0 Å². The standard InChI is InChI=1S/C21H36O3/c1-14(23)16-9-12-21(24)18-7-6-15-5-3-4-10-20(15,13-22)17(18)8-11-19(16,21)2/h14-18,22-24H,3-13H2,1-2H3/t14-,15+,16+,17-,18+,19+,20+,21-/m0/s1. The van der Waals surface area contributed by atoms with Crippen LogP contribution in [0.4, 0.5) is 0 Å². The highest BCUT2D eigenvalue weighted by atomic mass is 16.3. The largest absolute Gasteiger partial charge is 0.396 e. The van der Waals surface area contributed by atoms with E-state index in [-0.39, 0.29) is 22.9 Å². The van der Waals surface area contributed by atoms with Crippen LogP contribution in [0.15, 0.2) is 0 Å². The third-order valence-electron chi connectivity index (χ3n) is 9.42. The summed E-state index contributed by atoms with van der Waals surface area (Å²) < 4.78 is 0. The predicted octanol–water partition coefficient (Wildman–Crippen LogP) is 3.50. The second-order valence-electron chi connectivity index (χ2n) is 9.89. The first-order valence-electron chi connectivity index (χ1n) is 10.4. The minimum atomic E-state index is -0.637. The normalized spacial score (nSPS) is 55.4. The van der Waals surface area contributed by atoms with Gasteiger partial charge in [-0.25, -0.2) is 0 Å². The van der Waals surface area contributed by atoms with Crippen molar-refractivity contribution < 1.29 is 15.3 Å². The Kier molecular flexibility index (Phi) is 4.10.